The van der Waals surface area contributed by atoms with E-state index in [1.54, 1.807) is 7.11 Å². The average molecular weight is 382 g/mol. The van der Waals surface area contributed by atoms with Crippen molar-refractivity contribution in [3.63, 3.8) is 0 Å². The van der Waals surface area contributed by atoms with E-state index in [2.05, 4.69) is 59.0 Å². The fraction of sp³-hybridized carbons (Fsp3) is 0.294. The van der Waals surface area contributed by atoms with Gasteiger partial charge in [0.05, 0.1) is 7.11 Å². The maximum Gasteiger partial charge on any atom is 0.118 e. The van der Waals surface area contributed by atoms with Crippen molar-refractivity contribution in [2.24, 2.45) is 5.92 Å². The molecule has 0 aliphatic carbocycles. The Morgan fingerprint density at radius 3 is 1.90 bits per heavy atom. The lowest BCUT2D eigenvalue weighted by Crippen LogP contribution is -2.13. The van der Waals surface area contributed by atoms with Crippen molar-refractivity contribution in [3.05, 3.63) is 63.2 Å². The van der Waals surface area contributed by atoms with Crippen LogP contribution >= 0.6 is 22.6 Å². The molecule has 0 fully saturated rings. The summed E-state index contributed by atoms with van der Waals surface area (Å²) in [6, 6.07) is 16.6. The highest BCUT2D eigenvalue weighted by Crippen LogP contribution is 2.18. The van der Waals surface area contributed by atoms with E-state index >= 15 is 0 Å². The van der Waals surface area contributed by atoms with E-state index < -0.39 is 0 Å². The summed E-state index contributed by atoms with van der Waals surface area (Å²) >= 11 is 2.30. The molecule has 1 unspecified atom stereocenters. The second kappa shape index (κ2) is 7.64. The number of benzene rings is 2. The Hall–Kier alpha value is -1.07. The van der Waals surface area contributed by atoms with Gasteiger partial charge in [0, 0.05) is 10.2 Å². The molecule has 0 amide bonds. The van der Waals surface area contributed by atoms with E-state index in [0.29, 0.717) is 0 Å². The van der Waals surface area contributed by atoms with Crippen LogP contribution in [0.5, 0.6) is 5.75 Å². The van der Waals surface area contributed by atoms with E-state index in [9.17, 15) is 5.11 Å². The van der Waals surface area contributed by atoms with Gasteiger partial charge in [-0.25, -0.2) is 0 Å². The molecule has 0 saturated carbocycles. The third kappa shape index (κ3) is 4.49. The Morgan fingerprint density at radius 2 is 1.45 bits per heavy atom. The molecule has 2 rings (SSSR count). The van der Waals surface area contributed by atoms with Gasteiger partial charge in [0.25, 0.3) is 0 Å². The van der Waals surface area contributed by atoms with Crippen LogP contribution in [0.3, 0.4) is 0 Å². The number of methoxy groups -OCH3 is 1. The van der Waals surface area contributed by atoms with Gasteiger partial charge >= 0.3 is 0 Å². The molecule has 0 aliphatic heterocycles. The second-order valence-corrected chi connectivity index (χ2v) is 6.18. The van der Waals surface area contributed by atoms with Crippen molar-refractivity contribution in [1.82, 2.24) is 0 Å². The Morgan fingerprint density at radius 1 is 0.950 bits per heavy atom. The molecule has 1 atom stereocenters. The minimum Gasteiger partial charge on any atom is -0.497 e. The van der Waals surface area contributed by atoms with Crippen LogP contribution in [0.2, 0.25) is 0 Å². The number of ether oxygens (including phenoxy) is 1. The van der Waals surface area contributed by atoms with Crippen LogP contribution in [-0.4, -0.2) is 18.8 Å². The lowest BCUT2D eigenvalue weighted by atomic mass is 9.93. The van der Waals surface area contributed by atoms with Crippen LogP contribution in [0.1, 0.15) is 11.1 Å². The Bertz CT molecular complexity index is 520. The predicted molar refractivity (Wildman–Crippen MR) is 90.1 cm³/mol. The van der Waals surface area contributed by atoms with Crippen LogP contribution in [0.15, 0.2) is 48.5 Å². The molecule has 1 N–H and O–H groups in total. The zero-order valence-electron chi connectivity index (χ0n) is 11.6. The second-order valence-electron chi connectivity index (χ2n) is 4.93. The number of hydrogen-bond donors (Lipinski definition) is 1. The number of hydrogen-bond acceptors (Lipinski definition) is 2. The highest BCUT2D eigenvalue weighted by molar-refractivity contribution is 14.1. The molecule has 2 nitrogen and oxygen atoms in total. The summed E-state index contributed by atoms with van der Waals surface area (Å²) < 4.78 is 6.40. The third-order valence-corrected chi connectivity index (χ3v) is 4.10. The molecule has 0 heterocycles. The molecule has 0 saturated heterocycles. The van der Waals surface area contributed by atoms with Crippen LogP contribution < -0.4 is 4.74 Å². The van der Waals surface area contributed by atoms with Crippen LogP contribution in [-0.2, 0) is 12.8 Å². The van der Waals surface area contributed by atoms with Crippen molar-refractivity contribution in [1.29, 1.82) is 0 Å². The molecule has 0 bridgehead atoms. The monoisotopic (exact) mass is 382 g/mol. The van der Waals surface area contributed by atoms with E-state index in [1.165, 1.54) is 14.7 Å². The van der Waals surface area contributed by atoms with Gasteiger partial charge in [-0.05, 0) is 76.7 Å². The summed E-state index contributed by atoms with van der Waals surface area (Å²) in [6.07, 6.45) is 1.78. The van der Waals surface area contributed by atoms with Gasteiger partial charge in [-0.1, -0.05) is 24.3 Å². The molecular formula is C17H19IO2. The predicted octanol–water partition coefficient (Wildman–Crippen LogP) is 3.69. The summed E-state index contributed by atoms with van der Waals surface area (Å²) in [7, 11) is 1.67. The van der Waals surface area contributed by atoms with E-state index in [4.69, 9.17) is 4.74 Å². The van der Waals surface area contributed by atoms with E-state index in [-0.39, 0.29) is 12.5 Å². The normalized spacial score (nSPS) is 12.2. The molecule has 2 aromatic carbocycles. The quantitative estimate of drug-likeness (QED) is 0.773. The van der Waals surface area contributed by atoms with Gasteiger partial charge in [-0.3, -0.25) is 0 Å². The Kier molecular flexibility index (Phi) is 5.86. The smallest absolute Gasteiger partial charge is 0.118 e. The van der Waals surface area contributed by atoms with Gasteiger partial charge < -0.3 is 9.84 Å². The molecule has 3 heteroatoms. The van der Waals surface area contributed by atoms with Crippen LogP contribution in [0, 0.1) is 9.49 Å². The molecular weight excluding hydrogens is 363 g/mol. The SMILES string of the molecule is COc1ccc(CC(CO)Cc2ccc(I)cc2)cc1. The first-order valence-electron chi connectivity index (χ1n) is 6.69. The van der Waals surface area contributed by atoms with Crippen LogP contribution in [0.25, 0.3) is 0 Å². The summed E-state index contributed by atoms with van der Waals surface area (Å²) in [5, 5.41) is 9.58. The third-order valence-electron chi connectivity index (χ3n) is 3.38. The Labute approximate surface area is 133 Å². The maximum absolute atomic E-state index is 9.58. The number of rotatable bonds is 6. The lowest BCUT2D eigenvalue weighted by Gasteiger charge is -2.14. The molecule has 106 valence electrons. The largest absolute Gasteiger partial charge is 0.497 e. The van der Waals surface area contributed by atoms with E-state index in [0.717, 1.165) is 18.6 Å². The maximum atomic E-state index is 9.58. The van der Waals surface area contributed by atoms with E-state index in [1.807, 2.05) is 12.1 Å². The standard InChI is InChI=1S/C17H19IO2/c1-20-17-8-4-14(5-9-17)11-15(12-19)10-13-2-6-16(18)7-3-13/h2-9,15,19H,10-12H2,1H3. The van der Waals surface area contributed by atoms with Crippen LogP contribution in [0.4, 0.5) is 0 Å². The van der Waals surface area contributed by atoms with Crippen molar-refractivity contribution < 1.29 is 9.84 Å². The summed E-state index contributed by atoms with van der Waals surface area (Å²) in [5.74, 6) is 1.12. The minimum absolute atomic E-state index is 0.206. The number of halogens is 1. The molecule has 2 aromatic rings. The molecule has 0 aromatic heterocycles. The topological polar surface area (TPSA) is 29.5 Å². The number of aliphatic hydroxyl groups excluding tert-OH is 1. The van der Waals surface area contributed by atoms with Gasteiger partial charge in [0.15, 0.2) is 0 Å². The Balaban J connectivity index is 1.99. The summed E-state index contributed by atoms with van der Waals surface area (Å²) in [4.78, 5) is 0. The zero-order valence-corrected chi connectivity index (χ0v) is 13.7. The van der Waals surface area contributed by atoms with Gasteiger partial charge in [-0.15, -0.1) is 0 Å². The molecule has 0 spiro atoms. The molecule has 20 heavy (non-hydrogen) atoms. The van der Waals surface area contributed by atoms with Crippen molar-refractivity contribution >= 4 is 22.6 Å². The van der Waals surface area contributed by atoms with Crippen molar-refractivity contribution in [3.8, 4) is 5.75 Å². The summed E-state index contributed by atoms with van der Waals surface area (Å²) in [5.41, 5.74) is 2.51. The first-order chi connectivity index (χ1) is 9.71. The van der Waals surface area contributed by atoms with Crippen molar-refractivity contribution in [2.75, 3.05) is 13.7 Å². The lowest BCUT2D eigenvalue weighted by molar-refractivity contribution is 0.225. The molecule has 0 aliphatic rings. The zero-order chi connectivity index (χ0) is 14.4. The highest BCUT2D eigenvalue weighted by atomic mass is 127. The van der Waals surface area contributed by atoms with Gasteiger partial charge in [0.1, 0.15) is 5.75 Å². The summed E-state index contributed by atoms with van der Waals surface area (Å²) in [6.45, 7) is 0.206. The number of aliphatic hydroxyl groups is 1. The highest BCUT2D eigenvalue weighted by Gasteiger charge is 2.10. The van der Waals surface area contributed by atoms with Gasteiger partial charge in [0.2, 0.25) is 0 Å². The molecule has 0 radical (unpaired) electrons. The fourth-order valence-corrected chi connectivity index (χ4v) is 2.61. The van der Waals surface area contributed by atoms with Gasteiger partial charge in [-0.2, -0.15) is 0 Å². The first kappa shape index (κ1) is 15.3. The average Bonchev–Trinajstić information content (AvgIpc) is 2.49. The fourth-order valence-electron chi connectivity index (χ4n) is 2.25. The minimum atomic E-state index is 0.206. The van der Waals surface area contributed by atoms with Crippen molar-refractivity contribution in [2.45, 2.75) is 12.8 Å². The first-order valence-corrected chi connectivity index (χ1v) is 7.77.